The van der Waals surface area contributed by atoms with Crippen molar-refractivity contribution in [2.24, 2.45) is 0 Å². The van der Waals surface area contributed by atoms with Crippen molar-refractivity contribution in [3.05, 3.63) is 94.3 Å². The number of pyridine rings is 1. The molecule has 132 valence electrons. The molecule has 0 bridgehead atoms. The number of hydrogen-bond acceptors (Lipinski definition) is 5. The predicted octanol–water partition coefficient (Wildman–Crippen LogP) is 3.38. The molecule has 1 N–H and O–H groups in total. The van der Waals surface area contributed by atoms with Gasteiger partial charge in [0.05, 0.1) is 9.82 Å². The zero-order chi connectivity index (χ0) is 18.6. The van der Waals surface area contributed by atoms with Gasteiger partial charge < -0.3 is 0 Å². The minimum atomic E-state index is -3.81. The van der Waals surface area contributed by atoms with E-state index in [0.717, 1.165) is 29.7 Å². The summed E-state index contributed by atoms with van der Waals surface area (Å²) < 4.78 is 27.2. The normalized spacial score (nSPS) is 11.1. The Balaban J connectivity index is 1.72. The molecule has 0 aliphatic carbocycles. The first-order valence-electron chi connectivity index (χ1n) is 7.69. The molecule has 3 aromatic rings. The van der Waals surface area contributed by atoms with Gasteiger partial charge in [0.2, 0.25) is 0 Å². The molecule has 0 aliphatic heterocycles. The minimum Gasteiger partial charge on any atom is -0.280 e. The number of rotatable bonds is 6. The lowest BCUT2D eigenvalue weighted by molar-refractivity contribution is -0.384. The average molecular weight is 369 g/mol. The Kier molecular flexibility index (Phi) is 4.94. The summed E-state index contributed by atoms with van der Waals surface area (Å²) in [5.74, 6) is 0. The number of nitrogens with one attached hydrogen (secondary N) is 1. The van der Waals surface area contributed by atoms with Gasteiger partial charge >= 0.3 is 0 Å². The summed E-state index contributed by atoms with van der Waals surface area (Å²) in [6, 6.07) is 15.6. The maximum atomic E-state index is 12.4. The van der Waals surface area contributed by atoms with Crippen LogP contribution in [0.5, 0.6) is 0 Å². The van der Waals surface area contributed by atoms with Gasteiger partial charge in [-0.3, -0.25) is 19.8 Å². The van der Waals surface area contributed by atoms with Gasteiger partial charge in [0, 0.05) is 30.2 Å². The molecule has 0 fully saturated rings. The van der Waals surface area contributed by atoms with E-state index in [1.807, 2.05) is 24.3 Å². The number of nitro groups is 1. The monoisotopic (exact) mass is 369 g/mol. The van der Waals surface area contributed by atoms with E-state index in [1.54, 1.807) is 24.5 Å². The predicted molar refractivity (Wildman–Crippen MR) is 97.4 cm³/mol. The van der Waals surface area contributed by atoms with Crippen LogP contribution in [0, 0.1) is 10.1 Å². The number of hydrogen-bond donors (Lipinski definition) is 1. The molecule has 2 aromatic carbocycles. The highest BCUT2D eigenvalue weighted by atomic mass is 32.2. The zero-order valence-electron chi connectivity index (χ0n) is 13.6. The molecule has 3 rings (SSSR count). The molecule has 0 amide bonds. The molecule has 0 radical (unpaired) electrons. The highest BCUT2D eigenvalue weighted by Gasteiger charge is 2.16. The lowest BCUT2D eigenvalue weighted by Gasteiger charge is -2.09. The van der Waals surface area contributed by atoms with Crippen LogP contribution in [-0.2, 0) is 16.4 Å². The number of sulfonamides is 1. The first kappa shape index (κ1) is 17.6. The number of benzene rings is 2. The summed E-state index contributed by atoms with van der Waals surface area (Å²) in [7, 11) is -3.81. The molecule has 1 aromatic heterocycles. The first-order chi connectivity index (χ1) is 12.4. The van der Waals surface area contributed by atoms with E-state index < -0.39 is 14.9 Å². The van der Waals surface area contributed by atoms with Crippen LogP contribution < -0.4 is 4.72 Å². The Morgan fingerprint density at radius 1 is 0.885 bits per heavy atom. The van der Waals surface area contributed by atoms with Crippen LogP contribution in [0.25, 0.3) is 0 Å². The van der Waals surface area contributed by atoms with Crippen LogP contribution in [0.3, 0.4) is 0 Å². The van der Waals surface area contributed by atoms with Crippen LogP contribution >= 0.6 is 0 Å². The van der Waals surface area contributed by atoms with E-state index >= 15 is 0 Å². The third kappa shape index (κ3) is 4.22. The first-order valence-corrected chi connectivity index (χ1v) is 9.17. The summed E-state index contributed by atoms with van der Waals surface area (Å²) >= 11 is 0. The molecule has 0 saturated heterocycles. The highest BCUT2D eigenvalue weighted by Crippen LogP contribution is 2.20. The average Bonchev–Trinajstić information content (AvgIpc) is 2.64. The van der Waals surface area contributed by atoms with Crippen molar-refractivity contribution in [1.82, 2.24) is 4.98 Å². The van der Waals surface area contributed by atoms with E-state index in [9.17, 15) is 18.5 Å². The Hall–Kier alpha value is -3.26. The van der Waals surface area contributed by atoms with Gasteiger partial charge in [0.1, 0.15) is 0 Å². The van der Waals surface area contributed by atoms with Gasteiger partial charge in [-0.2, -0.15) is 0 Å². The molecule has 0 aliphatic rings. The topological polar surface area (TPSA) is 102 Å². The van der Waals surface area contributed by atoms with E-state index in [-0.39, 0.29) is 10.6 Å². The Bertz CT molecular complexity index is 1000. The highest BCUT2D eigenvalue weighted by molar-refractivity contribution is 7.92. The van der Waals surface area contributed by atoms with Crippen LogP contribution in [0.15, 0.2) is 78.0 Å². The number of aromatic nitrogens is 1. The second kappa shape index (κ2) is 7.32. The number of nitro benzene ring substituents is 1. The Labute approximate surface area is 150 Å². The second-order valence-electron chi connectivity index (χ2n) is 5.59. The molecule has 0 atom stereocenters. The van der Waals surface area contributed by atoms with E-state index in [2.05, 4.69) is 9.71 Å². The molecule has 0 saturated carbocycles. The van der Waals surface area contributed by atoms with Gasteiger partial charge in [-0.1, -0.05) is 12.1 Å². The summed E-state index contributed by atoms with van der Waals surface area (Å²) in [6.45, 7) is 0. The van der Waals surface area contributed by atoms with Crippen LogP contribution in [0.4, 0.5) is 11.4 Å². The molecular weight excluding hydrogens is 354 g/mol. The zero-order valence-corrected chi connectivity index (χ0v) is 14.4. The summed E-state index contributed by atoms with van der Waals surface area (Å²) in [5.41, 5.74) is 2.40. The molecule has 26 heavy (non-hydrogen) atoms. The van der Waals surface area contributed by atoms with Gasteiger partial charge in [-0.25, -0.2) is 8.42 Å². The molecule has 0 unspecified atom stereocenters. The second-order valence-corrected chi connectivity index (χ2v) is 7.27. The van der Waals surface area contributed by atoms with Gasteiger partial charge in [-0.05, 0) is 53.9 Å². The number of non-ortho nitro benzene ring substituents is 1. The molecular formula is C18H15N3O4S. The van der Waals surface area contributed by atoms with Crippen molar-refractivity contribution in [3.8, 4) is 0 Å². The van der Waals surface area contributed by atoms with Crippen LogP contribution in [-0.4, -0.2) is 18.3 Å². The molecule has 8 heteroatoms. The largest absolute Gasteiger partial charge is 0.280 e. The molecule has 1 heterocycles. The van der Waals surface area contributed by atoms with Gasteiger partial charge in [0.25, 0.3) is 15.7 Å². The van der Waals surface area contributed by atoms with E-state index in [0.29, 0.717) is 5.69 Å². The van der Waals surface area contributed by atoms with E-state index in [4.69, 9.17) is 0 Å². The van der Waals surface area contributed by atoms with Crippen molar-refractivity contribution >= 4 is 21.4 Å². The third-order valence-corrected chi connectivity index (χ3v) is 5.12. The summed E-state index contributed by atoms with van der Waals surface area (Å²) in [4.78, 5) is 14.0. The van der Waals surface area contributed by atoms with Gasteiger partial charge in [-0.15, -0.1) is 0 Å². The number of nitrogens with zero attached hydrogens (tertiary/aromatic N) is 2. The fraction of sp³-hybridized carbons (Fsp3) is 0.0556. The molecule has 7 nitrogen and oxygen atoms in total. The molecule has 0 spiro atoms. The van der Waals surface area contributed by atoms with Crippen molar-refractivity contribution < 1.29 is 13.3 Å². The lowest BCUT2D eigenvalue weighted by atomic mass is 10.1. The quantitative estimate of drug-likeness (QED) is 0.530. The van der Waals surface area contributed by atoms with Crippen molar-refractivity contribution in [1.29, 1.82) is 0 Å². The van der Waals surface area contributed by atoms with Crippen molar-refractivity contribution in [2.75, 3.05) is 4.72 Å². The summed E-state index contributed by atoms with van der Waals surface area (Å²) in [6.07, 6.45) is 4.17. The maximum Gasteiger partial charge on any atom is 0.269 e. The Morgan fingerprint density at radius 3 is 2.04 bits per heavy atom. The SMILES string of the molecule is O=[N+]([O-])c1ccc(S(=O)(=O)Nc2ccc(Cc3ccncc3)cc2)cc1. The van der Waals surface area contributed by atoms with Gasteiger partial charge in [0.15, 0.2) is 0 Å². The van der Waals surface area contributed by atoms with Crippen LogP contribution in [0.1, 0.15) is 11.1 Å². The summed E-state index contributed by atoms with van der Waals surface area (Å²) in [5, 5.41) is 10.7. The van der Waals surface area contributed by atoms with E-state index in [1.165, 1.54) is 12.1 Å². The smallest absolute Gasteiger partial charge is 0.269 e. The van der Waals surface area contributed by atoms with Crippen molar-refractivity contribution in [2.45, 2.75) is 11.3 Å². The lowest BCUT2D eigenvalue weighted by Crippen LogP contribution is -2.12. The standard InChI is InChI=1S/C18H15N3O4S/c22-21(23)17-5-7-18(8-6-17)26(24,25)20-16-3-1-14(2-4-16)13-15-9-11-19-12-10-15/h1-12,20H,13H2. The Morgan fingerprint density at radius 2 is 1.46 bits per heavy atom. The number of anilines is 1. The third-order valence-electron chi connectivity index (χ3n) is 3.72. The fourth-order valence-corrected chi connectivity index (χ4v) is 3.45. The van der Waals surface area contributed by atoms with Crippen LogP contribution in [0.2, 0.25) is 0 Å². The maximum absolute atomic E-state index is 12.4. The van der Waals surface area contributed by atoms with Crippen molar-refractivity contribution in [3.63, 3.8) is 0 Å². The minimum absolute atomic E-state index is 0.0380. The fourth-order valence-electron chi connectivity index (χ4n) is 2.39.